The van der Waals surface area contributed by atoms with Gasteiger partial charge in [0.2, 0.25) is 0 Å². The van der Waals surface area contributed by atoms with Crippen LogP contribution in [0.1, 0.15) is 22.7 Å². The van der Waals surface area contributed by atoms with Gasteiger partial charge >= 0.3 is 0 Å². The Morgan fingerprint density at radius 2 is 1.69 bits per heavy atom. The number of hydrogen-bond acceptors (Lipinski definition) is 4. The van der Waals surface area contributed by atoms with Gasteiger partial charge in [0.1, 0.15) is 11.6 Å². The molecule has 1 aliphatic rings. The number of benzene rings is 2. The third kappa shape index (κ3) is 6.48. The minimum atomic E-state index is -0.550. The van der Waals surface area contributed by atoms with E-state index in [1.54, 1.807) is 26.0 Å². The molecule has 1 unspecified atom stereocenters. The molecule has 1 aliphatic heterocycles. The van der Waals surface area contributed by atoms with Gasteiger partial charge in [0.25, 0.3) is 0 Å². The largest absolute Gasteiger partial charge is 0.379 e. The molecule has 0 saturated carbocycles. The predicted octanol–water partition coefficient (Wildman–Crippen LogP) is 2.76. The normalized spacial score (nSPS) is 16.2. The maximum absolute atomic E-state index is 14.3. The zero-order chi connectivity index (χ0) is 22.9. The highest BCUT2D eigenvalue weighted by Crippen LogP contribution is 2.23. The van der Waals surface area contributed by atoms with Crippen molar-refractivity contribution in [3.63, 3.8) is 0 Å². The Bertz CT molecular complexity index is 879. The number of ether oxygens (including phenoxy) is 1. The second kappa shape index (κ2) is 11.9. The van der Waals surface area contributed by atoms with Crippen LogP contribution in [0.15, 0.2) is 47.5 Å². The standard InChI is InChI=1S/C24H33F2N5O/c1-27-24(29-16-22(30(2)3)23-20(25)9-6-10-21(23)26)28-15-18-7-4-5-8-19(18)17-31-11-13-32-14-12-31/h4-10,22H,11-17H2,1-3H3,(H2,27,28,29). The zero-order valence-electron chi connectivity index (χ0n) is 19.1. The van der Waals surface area contributed by atoms with E-state index in [0.717, 1.165) is 32.8 Å². The van der Waals surface area contributed by atoms with Gasteiger partial charge in [-0.25, -0.2) is 8.78 Å². The molecule has 174 valence electrons. The lowest BCUT2D eigenvalue weighted by molar-refractivity contribution is 0.0341. The smallest absolute Gasteiger partial charge is 0.191 e. The highest BCUT2D eigenvalue weighted by Gasteiger charge is 2.22. The lowest BCUT2D eigenvalue weighted by Crippen LogP contribution is -2.42. The van der Waals surface area contributed by atoms with E-state index in [4.69, 9.17) is 4.74 Å². The van der Waals surface area contributed by atoms with Gasteiger partial charge in [-0.2, -0.15) is 0 Å². The summed E-state index contributed by atoms with van der Waals surface area (Å²) in [6, 6.07) is 11.8. The number of likely N-dealkylation sites (N-methyl/N-ethyl adjacent to an activating group) is 1. The summed E-state index contributed by atoms with van der Waals surface area (Å²) >= 11 is 0. The number of rotatable bonds is 8. The molecule has 3 rings (SSSR count). The fraction of sp³-hybridized carbons (Fsp3) is 0.458. The first-order valence-corrected chi connectivity index (χ1v) is 10.9. The van der Waals surface area contributed by atoms with Crippen LogP contribution in [0, 0.1) is 11.6 Å². The van der Waals surface area contributed by atoms with Gasteiger partial charge in [-0.15, -0.1) is 0 Å². The molecule has 2 N–H and O–H groups in total. The van der Waals surface area contributed by atoms with E-state index in [1.165, 1.54) is 29.3 Å². The lowest BCUT2D eigenvalue weighted by Gasteiger charge is -2.28. The van der Waals surface area contributed by atoms with Gasteiger partial charge in [0.15, 0.2) is 5.96 Å². The summed E-state index contributed by atoms with van der Waals surface area (Å²) in [5.41, 5.74) is 2.50. The topological polar surface area (TPSA) is 52.1 Å². The van der Waals surface area contributed by atoms with Crippen LogP contribution in [0.3, 0.4) is 0 Å². The first kappa shape index (κ1) is 24.1. The van der Waals surface area contributed by atoms with Crippen LogP contribution in [0.4, 0.5) is 8.78 Å². The zero-order valence-corrected chi connectivity index (χ0v) is 19.1. The van der Waals surface area contributed by atoms with Gasteiger partial charge in [-0.1, -0.05) is 30.3 Å². The van der Waals surface area contributed by atoms with E-state index in [-0.39, 0.29) is 5.56 Å². The second-order valence-corrected chi connectivity index (χ2v) is 8.08. The lowest BCUT2D eigenvalue weighted by atomic mass is 10.0. The van der Waals surface area contributed by atoms with E-state index in [1.807, 2.05) is 6.07 Å². The first-order valence-electron chi connectivity index (χ1n) is 10.9. The average molecular weight is 446 g/mol. The van der Waals surface area contributed by atoms with E-state index in [2.05, 4.69) is 38.7 Å². The molecule has 1 saturated heterocycles. The molecule has 8 heteroatoms. The van der Waals surface area contributed by atoms with Crippen molar-refractivity contribution < 1.29 is 13.5 Å². The van der Waals surface area contributed by atoms with Gasteiger partial charge in [-0.05, 0) is 37.4 Å². The monoisotopic (exact) mass is 445 g/mol. The van der Waals surface area contributed by atoms with E-state index < -0.39 is 17.7 Å². The van der Waals surface area contributed by atoms with Crippen molar-refractivity contribution in [1.29, 1.82) is 0 Å². The minimum Gasteiger partial charge on any atom is -0.379 e. The van der Waals surface area contributed by atoms with Crippen molar-refractivity contribution in [2.45, 2.75) is 19.1 Å². The van der Waals surface area contributed by atoms with Gasteiger partial charge in [-0.3, -0.25) is 9.89 Å². The number of halogens is 2. The summed E-state index contributed by atoms with van der Waals surface area (Å²) in [6.45, 7) is 5.19. The summed E-state index contributed by atoms with van der Waals surface area (Å²) in [4.78, 5) is 8.46. The summed E-state index contributed by atoms with van der Waals surface area (Å²) in [5, 5.41) is 6.54. The Hall–Kier alpha value is -2.55. The summed E-state index contributed by atoms with van der Waals surface area (Å²) in [5.74, 6) is -0.522. The average Bonchev–Trinajstić information content (AvgIpc) is 2.79. The SMILES string of the molecule is CN=C(NCc1ccccc1CN1CCOCC1)NCC(c1c(F)cccc1F)N(C)C. The van der Waals surface area contributed by atoms with E-state index >= 15 is 0 Å². The maximum atomic E-state index is 14.3. The fourth-order valence-corrected chi connectivity index (χ4v) is 3.85. The number of hydrogen-bond donors (Lipinski definition) is 2. The number of morpholine rings is 1. The van der Waals surface area contributed by atoms with Crippen LogP contribution < -0.4 is 10.6 Å². The fourth-order valence-electron chi connectivity index (χ4n) is 3.85. The van der Waals surface area contributed by atoms with Crippen molar-refractivity contribution in [1.82, 2.24) is 20.4 Å². The highest BCUT2D eigenvalue weighted by molar-refractivity contribution is 5.79. The van der Waals surface area contributed by atoms with Crippen molar-refractivity contribution in [2.75, 3.05) is 54.0 Å². The molecule has 0 aliphatic carbocycles. The first-order chi connectivity index (χ1) is 15.5. The molecule has 0 amide bonds. The third-order valence-electron chi connectivity index (χ3n) is 5.71. The van der Waals surface area contributed by atoms with Crippen molar-refractivity contribution >= 4 is 5.96 Å². The number of guanidine groups is 1. The number of aliphatic imine (C=N–C) groups is 1. The van der Waals surface area contributed by atoms with Gasteiger partial charge in [0.05, 0.1) is 19.3 Å². The molecule has 0 bridgehead atoms. The molecule has 0 spiro atoms. The molecular formula is C24H33F2N5O. The number of nitrogens with zero attached hydrogens (tertiary/aromatic N) is 3. The Labute approximate surface area is 189 Å². The quantitative estimate of drug-likeness (QED) is 0.484. The molecule has 0 radical (unpaired) electrons. The molecule has 32 heavy (non-hydrogen) atoms. The second-order valence-electron chi connectivity index (χ2n) is 8.08. The molecule has 1 heterocycles. The Kier molecular flexibility index (Phi) is 8.96. The minimum absolute atomic E-state index is 0.0521. The van der Waals surface area contributed by atoms with Gasteiger partial charge in [0, 0.05) is 45.3 Å². The Morgan fingerprint density at radius 1 is 1.03 bits per heavy atom. The van der Waals surface area contributed by atoms with Crippen LogP contribution in [-0.4, -0.2) is 69.8 Å². The van der Waals surface area contributed by atoms with E-state index in [9.17, 15) is 8.78 Å². The van der Waals surface area contributed by atoms with Crippen molar-refractivity contribution in [3.8, 4) is 0 Å². The van der Waals surface area contributed by atoms with Crippen LogP contribution in [0.5, 0.6) is 0 Å². The summed E-state index contributed by atoms with van der Waals surface area (Å²) in [7, 11) is 5.29. The van der Waals surface area contributed by atoms with E-state index in [0.29, 0.717) is 19.0 Å². The third-order valence-corrected chi connectivity index (χ3v) is 5.71. The Balaban J connectivity index is 1.61. The number of nitrogens with one attached hydrogen (secondary N) is 2. The molecule has 2 aromatic rings. The molecular weight excluding hydrogens is 412 g/mol. The van der Waals surface area contributed by atoms with Crippen LogP contribution in [-0.2, 0) is 17.8 Å². The predicted molar refractivity (Wildman–Crippen MR) is 124 cm³/mol. The molecule has 6 nitrogen and oxygen atoms in total. The van der Waals surface area contributed by atoms with Crippen LogP contribution >= 0.6 is 0 Å². The molecule has 2 aromatic carbocycles. The highest BCUT2D eigenvalue weighted by atomic mass is 19.1. The summed E-state index contributed by atoms with van der Waals surface area (Å²) < 4.78 is 34.1. The molecule has 1 atom stereocenters. The van der Waals surface area contributed by atoms with Crippen LogP contribution in [0.25, 0.3) is 0 Å². The van der Waals surface area contributed by atoms with Crippen LogP contribution in [0.2, 0.25) is 0 Å². The van der Waals surface area contributed by atoms with Gasteiger partial charge < -0.3 is 20.3 Å². The maximum Gasteiger partial charge on any atom is 0.191 e. The van der Waals surface area contributed by atoms with Crippen molar-refractivity contribution in [2.24, 2.45) is 4.99 Å². The Morgan fingerprint density at radius 3 is 2.31 bits per heavy atom. The molecule has 1 fully saturated rings. The summed E-state index contributed by atoms with van der Waals surface area (Å²) in [6.07, 6.45) is 0. The van der Waals surface area contributed by atoms with Crippen molar-refractivity contribution in [3.05, 3.63) is 70.8 Å². The molecule has 0 aromatic heterocycles.